The third-order valence-corrected chi connectivity index (χ3v) is 3.20. The first-order valence-corrected chi connectivity index (χ1v) is 5.83. The molecule has 0 aliphatic carbocycles. The zero-order valence-electron chi connectivity index (χ0n) is 9.35. The van der Waals surface area contributed by atoms with E-state index in [2.05, 4.69) is 9.88 Å². The van der Waals surface area contributed by atoms with Gasteiger partial charge in [-0.2, -0.15) is 0 Å². The number of aromatic amines is 1. The summed E-state index contributed by atoms with van der Waals surface area (Å²) in [4.78, 5) is 16.9. The van der Waals surface area contributed by atoms with E-state index in [1.807, 2.05) is 6.07 Å². The third-order valence-electron chi connectivity index (χ3n) is 3.20. The first-order chi connectivity index (χ1) is 7.81. The highest BCUT2D eigenvalue weighted by Gasteiger charge is 2.23. The van der Waals surface area contributed by atoms with Gasteiger partial charge in [0.15, 0.2) is 5.78 Å². The lowest BCUT2D eigenvalue weighted by atomic mass is 10.0. The number of piperidine rings is 1. The molecule has 2 rings (SSSR count). The van der Waals surface area contributed by atoms with Gasteiger partial charge >= 0.3 is 0 Å². The van der Waals surface area contributed by atoms with Crippen molar-refractivity contribution in [3.05, 3.63) is 24.0 Å². The molecule has 1 aromatic heterocycles. The minimum absolute atomic E-state index is 0.102. The zero-order valence-corrected chi connectivity index (χ0v) is 9.35. The van der Waals surface area contributed by atoms with Crippen molar-refractivity contribution in [2.45, 2.75) is 25.3 Å². The van der Waals surface area contributed by atoms with Gasteiger partial charge in [0.1, 0.15) is 0 Å². The molecule has 0 saturated carbocycles. The molecule has 4 heteroatoms. The number of nitrogens with one attached hydrogen (secondary N) is 1. The normalized spacial score (nSPS) is 22.2. The minimum Gasteiger partial charge on any atom is -0.395 e. The molecule has 0 aromatic carbocycles. The average molecular weight is 222 g/mol. The number of ketones is 1. The fourth-order valence-corrected chi connectivity index (χ4v) is 2.25. The molecule has 88 valence electrons. The van der Waals surface area contributed by atoms with E-state index in [-0.39, 0.29) is 18.4 Å². The van der Waals surface area contributed by atoms with Crippen LogP contribution in [0.2, 0.25) is 0 Å². The van der Waals surface area contributed by atoms with Crippen molar-refractivity contribution in [2.24, 2.45) is 0 Å². The van der Waals surface area contributed by atoms with Gasteiger partial charge in [-0.1, -0.05) is 6.42 Å². The molecule has 1 saturated heterocycles. The quantitative estimate of drug-likeness (QED) is 0.748. The summed E-state index contributed by atoms with van der Waals surface area (Å²) >= 11 is 0. The van der Waals surface area contributed by atoms with E-state index in [1.165, 1.54) is 0 Å². The van der Waals surface area contributed by atoms with Gasteiger partial charge in [-0.25, -0.2) is 0 Å². The number of hydrogen-bond donors (Lipinski definition) is 2. The largest absolute Gasteiger partial charge is 0.395 e. The Labute approximate surface area is 95.3 Å². The van der Waals surface area contributed by atoms with Crippen LogP contribution in [-0.4, -0.2) is 46.5 Å². The Morgan fingerprint density at radius 1 is 1.56 bits per heavy atom. The van der Waals surface area contributed by atoms with Crippen LogP contribution >= 0.6 is 0 Å². The second kappa shape index (κ2) is 5.27. The molecule has 0 spiro atoms. The lowest BCUT2D eigenvalue weighted by molar-refractivity contribution is 0.0708. The summed E-state index contributed by atoms with van der Waals surface area (Å²) < 4.78 is 0. The van der Waals surface area contributed by atoms with E-state index in [4.69, 9.17) is 0 Å². The van der Waals surface area contributed by atoms with Crippen molar-refractivity contribution in [3.8, 4) is 0 Å². The van der Waals surface area contributed by atoms with Gasteiger partial charge < -0.3 is 10.1 Å². The third kappa shape index (κ3) is 2.51. The second-order valence-corrected chi connectivity index (χ2v) is 4.31. The standard InChI is InChI=1S/C12H18N2O2/c15-9-10-4-1-2-7-14(10)8-12(16)11-5-3-6-13-11/h3,5-6,10,13,15H,1-2,4,7-9H2/t10-/m0/s1. The van der Waals surface area contributed by atoms with Crippen LogP contribution in [0.1, 0.15) is 29.8 Å². The number of nitrogens with zero attached hydrogens (tertiary/aromatic N) is 1. The smallest absolute Gasteiger partial charge is 0.192 e. The van der Waals surface area contributed by atoms with Crippen molar-refractivity contribution in [2.75, 3.05) is 19.7 Å². The number of aliphatic hydroxyl groups excluding tert-OH is 1. The molecular weight excluding hydrogens is 204 g/mol. The van der Waals surface area contributed by atoms with Crippen LogP contribution in [0, 0.1) is 0 Å². The van der Waals surface area contributed by atoms with Crippen molar-refractivity contribution in [1.82, 2.24) is 9.88 Å². The molecule has 0 radical (unpaired) electrons. The van der Waals surface area contributed by atoms with Crippen LogP contribution in [0.4, 0.5) is 0 Å². The maximum absolute atomic E-state index is 11.9. The fourth-order valence-electron chi connectivity index (χ4n) is 2.25. The van der Waals surface area contributed by atoms with Crippen molar-refractivity contribution in [1.29, 1.82) is 0 Å². The highest BCUT2D eigenvalue weighted by atomic mass is 16.3. The average Bonchev–Trinajstić information content (AvgIpc) is 2.83. The van der Waals surface area contributed by atoms with Crippen LogP contribution < -0.4 is 0 Å². The Balaban J connectivity index is 1.95. The Morgan fingerprint density at radius 2 is 2.44 bits per heavy atom. The van der Waals surface area contributed by atoms with Crippen LogP contribution in [0.25, 0.3) is 0 Å². The molecule has 0 amide bonds. The summed E-state index contributed by atoms with van der Waals surface area (Å²) in [5.74, 6) is 0.102. The van der Waals surface area contributed by atoms with E-state index in [0.29, 0.717) is 12.2 Å². The van der Waals surface area contributed by atoms with Crippen molar-refractivity contribution in [3.63, 3.8) is 0 Å². The summed E-state index contributed by atoms with van der Waals surface area (Å²) in [5.41, 5.74) is 0.655. The molecule has 1 aliphatic rings. The number of rotatable bonds is 4. The van der Waals surface area contributed by atoms with E-state index < -0.39 is 0 Å². The Bertz CT molecular complexity index is 335. The molecule has 1 fully saturated rings. The van der Waals surface area contributed by atoms with Gasteiger partial charge in [0, 0.05) is 12.2 Å². The molecule has 1 atom stereocenters. The molecule has 2 N–H and O–H groups in total. The van der Waals surface area contributed by atoms with Crippen molar-refractivity contribution < 1.29 is 9.90 Å². The minimum atomic E-state index is 0.102. The molecule has 4 nitrogen and oxygen atoms in total. The van der Waals surface area contributed by atoms with Crippen LogP contribution in [0.5, 0.6) is 0 Å². The van der Waals surface area contributed by atoms with Crippen LogP contribution in [0.3, 0.4) is 0 Å². The van der Waals surface area contributed by atoms with Crippen LogP contribution in [-0.2, 0) is 0 Å². The number of aromatic nitrogens is 1. The lowest BCUT2D eigenvalue weighted by Crippen LogP contribution is -2.44. The predicted molar refractivity (Wildman–Crippen MR) is 61.4 cm³/mol. The number of likely N-dealkylation sites (tertiary alicyclic amines) is 1. The summed E-state index contributed by atoms with van der Waals surface area (Å²) in [6.07, 6.45) is 5.02. The Kier molecular flexibility index (Phi) is 3.74. The molecule has 16 heavy (non-hydrogen) atoms. The molecule has 0 unspecified atom stereocenters. The summed E-state index contributed by atoms with van der Waals surface area (Å²) in [6.45, 7) is 1.47. The van der Waals surface area contributed by atoms with E-state index in [0.717, 1.165) is 25.8 Å². The topological polar surface area (TPSA) is 56.3 Å². The Hall–Kier alpha value is -1.13. The van der Waals surface area contributed by atoms with Crippen molar-refractivity contribution >= 4 is 5.78 Å². The summed E-state index contributed by atoms with van der Waals surface area (Å²) in [6, 6.07) is 3.78. The molecule has 2 heterocycles. The molecule has 1 aromatic rings. The Morgan fingerprint density at radius 3 is 3.12 bits per heavy atom. The maximum Gasteiger partial charge on any atom is 0.192 e. The van der Waals surface area contributed by atoms with Gasteiger partial charge in [0.05, 0.1) is 18.8 Å². The molecular formula is C12H18N2O2. The van der Waals surface area contributed by atoms with Gasteiger partial charge in [0.2, 0.25) is 0 Å². The van der Waals surface area contributed by atoms with Gasteiger partial charge in [-0.3, -0.25) is 9.69 Å². The molecule has 0 bridgehead atoms. The number of hydrogen-bond acceptors (Lipinski definition) is 3. The predicted octanol–water partition coefficient (Wildman–Crippen LogP) is 1.04. The second-order valence-electron chi connectivity index (χ2n) is 4.31. The summed E-state index contributed by atoms with van der Waals surface area (Å²) in [5, 5.41) is 9.24. The number of H-pyrrole nitrogens is 1. The number of Topliss-reactive ketones (excluding diaryl/α,β-unsaturated/α-hetero) is 1. The van der Waals surface area contributed by atoms with E-state index >= 15 is 0 Å². The van der Waals surface area contributed by atoms with E-state index in [9.17, 15) is 9.90 Å². The van der Waals surface area contributed by atoms with Gasteiger partial charge in [-0.05, 0) is 31.5 Å². The highest BCUT2D eigenvalue weighted by molar-refractivity contribution is 5.95. The number of aliphatic hydroxyl groups is 1. The highest BCUT2D eigenvalue weighted by Crippen LogP contribution is 2.16. The lowest BCUT2D eigenvalue weighted by Gasteiger charge is -2.33. The first kappa shape index (κ1) is 11.4. The number of carbonyl (C=O) groups excluding carboxylic acids is 1. The maximum atomic E-state index is 11.9. The molecule has 1 aliphatic heterocycles. The van der Waals surface area contributed by atoms with Crippen LogP contribution in [0.15, 0.2) is 18.3 Å². The SMILES string of the molecule is O=C(CN1CCCC[C@H]1CO)c1ccc[nH]1. The van der Waals surface area contributed by atoms with Gasteiger partial charge in [-0.15, -0.1) is 0 Å². The summed E-state index contributed by atoms with van der Waals surface area (Å²) in [7, 11) is 0. The first-order valence-electron chi connectivity index (χ1n) is 5.83. The fraction of sp³-hybridized carbons (Fsp3) is 0.583. The monoisotopic (exact) mass is 222 g/mol. The van der Waals surface area contributed by atoms with E-state index in [1.54, 1.807) is 12.3 Å². The van der Waals surface area contributed by atoms with Gasteiger partial charge in [0.25, 0.3) is 0 Å². The number of carbonyl (C=O) groups is 1. The zero-order chi connectivity index (χ0) is 11.4.